The van der Waals surface area contributed by atoms with E-state index >= 15 is 0 Å². The van der Waals surface area contributed by atoms with E-state index in [1.54, 1.807) is 31.4 Å². The van der Waals surface area contributed by atoms with Crippen LogP contribution in [0, 0.1) is 0 Å². The molecule has 0 aliphatic heterocycles. The Labute approximate surface area is 119 Å². The maximum atomic E-state index is 12.0. The van der Waals surface area contributed by atoms with Crippen LogP contribution in [0.15, 0.2) is 53.4 Å². The summed E-state index contributed by atoms with van der Waals surface area (Å²) in [5, 5.41) is 0. The van der Waals surface area contributed by atoms with Crippen molar-refractivity contribution in [1.29, 1.82) is 0 Å². The highest BCUT2D eigenvalue weighted by Gasteiger charge is 2.16. The summed E-state index contributed by atoms with van der Waals surface area (Å²) in [6, 6.07) is 14.5. The molecule has 0 saturated carbocycles. The molecular formula is C15H17NO3S. The quantitative estimate of drug-likeness (QED) is 0.870. The summed E-state index contributed by atoms with van der Waals surface area (Å²) in [6.45, 7) is 0. The lowest BCUT2D eigenvalue weighted by Crippen LogP contribution is -2.22. The molecule has 0 heterocycles. The molecule has 0 bridgehead atoms. The number of sulfonamides is 1. The highest BCUT2D eigenvalue weighted by Crippen LogP contribution is 2.24. The second kappa shape index (κ2) is 5.64. The number of nitrogens with zero attached hydrogens (tertiary/aromatic N) is 1. The van der Waals surface area contributed by atoms with Crippen LogP contribution in [0.2, 0.25) is 0 Å². The molecule has 2 aromatic carbocycles. The summed E-state index contributed by atoms with van der Waals surface area (Å²) in [4.78, 5) is 0.291. The van der Waals surface area contributed by atoms with Crippen LogP contribution in [-0.4, -0.2) is 33.9 Å². The van der Waals surface area contributed by atoms with Gasteiger partial charge >= 0.3 is 0 Å². The Morgan fingerprint density at radius 3 is 1.70 bits per heavy atom. The van der Waals surface area contributed by atoms with Gasteiger partial charge in [0.15, 0.2) is 0 Å². The molecule has 0 spiro atoms. The van der Waals surface area contributed by atoms with Gasteiger partial charge in [0.1, 0.15) is 5.75 Å². The Bertz CT molecular complexity index is 674. The van der Waals surface area contributed by atoms with Crippen molar-refractivity contribution in [3.8, 4) is 16.9 Å². The molecule has 0 atom stereocenters. The van der Waals surface area contributed by atoms with Gasteiger partial charge in [0.25, 0.3) is 0 Å². The third-order valence-electron chi connectivity index (χ3n) is 3.06. The predicted octanol–water partition coefficient (Wildman–Crippen LogP) is 2.61. The zero-order valence-corrected chi connectivity index (χ0v) is 12.5. The van der Waals surface area contributed by atoms with Gasteiger partial charge in [-0.1, -0.05) is 24.3 Å². The monoisotopic (exact) mass is 291 g/mol. The largest absolute Gasteiger partial charge is 0.497 e. The zero-order valence-electron chi connectivity index (χ0n) is 11.7. The first-order valence-electron chi connectivity index (χ1n) is 6.12. The first-order chi connectivity index (χ1) is 9.45. The molecule has 2 rings (SSSR count). The van der Waals surface area contributed by atoms with Gasteiger partial charge in [-0.2, -0.15) is 0 Å². The van der Waals surface area contributed by atoms with Gasteiger partial charge in [0, 0.05) is 14.1 Å². The fourth-order valence-electron chi connectivity index (χ4n) is 1.81. The number of ether oxygens (including phenoxy) is 1. The van der Waals surface area contributed by atoms with Crippen LogP contribution in [-0.2, 0) is 10.0 Å². The van der Waals surface area contributed by atoms with Gasteiger partial charge in [-0.25, -0.2) is 12.7 Å². The molecule has 4 nitrogen and oxygen atoms in total. The van der Waals surface area contributed by atoms with E-state index in [1.807, 2.05) is 24.3 Å². The van der Waals surface area contributed by atoms with E-state index in [0.717, 1.165) is 16.9 Å². The summed E-state index contributed by atoms with van der Waals surface area (Å²) in [7, 11) is 1.29. The first-order valence-corrected chi connectivity index (χ1v) is 7.56. The van der Waals surface area contributed by atoms with E-state index in [9.17, 15) is 8.42 Å². The van der Waals surface area contributed by atoms with Crippen LogP contribution in [0.25, 0.3) is 11.1 Å². The van der Waals surface area contributed by atoms with Crippen LogP contribution >= 0.6 is 0 Å². The van der Waals surface area contributed by atoms with Crippen molar-refractivity contribution in [2.45, 2.75) is 4.90 Å². The fourth-order valence-corrected chi connectivity index (χ4v) is 2.72. The Morgan fingerprint density at radius 2 is 1.30 bits per heavy atom. The van der Waals surface area contributed by atoms with Crippen molar-refractivity contribution < 1.29 is 13.2 Å². The van der Waals surface area contributed by atoms with Gasteiger partial charge in [0.05, 0.1) is 12.0 Å². The fraction of sp³-hybridized carbons (Fsp3) is 0.200. The molecule has 0 fully saturated rings. The molecule has 2 aromatic rings. The Balaban J connectivity index is 2.32. The average molecular weight is 291 g/mol. The SMILES string of the molecule is COc1ccc(-c2ccc(S(=O)(=O)N(C)C)cc2)cc1. The third-order valence-corrected chi connectivity index (χ3v) is 4.89. The Morgan fingerprint density at radius 1 is 0.850 bits per heavy atom. The van der Waals surface area contributed by atoms with Crippen LogP contribution in [0.5, 0.6) is 5.75 Å². The molecule has 0 aliphatic carbocycles. The highest BCUT2D eigenvalue weighted by atomic mass is 32.2. The van der Waals surface area contributed by atoms with Gasteiger partial charge in [-0.3, -0.25) is 0 Å². The van der Waals surface area contributed by atoms with Crippen molar-refractivity contribution in [3.05, 3.63) is 48.5 Å². The maximum Gasteiger partial charge on any atom is 0.242 e. The molecule has 0 amide bonds. The number of rotatable bonds is 4. The molecular weight excluding hydrogens is 274 g/mol. The van der Waals surface area contributed by atoms with Crippen molar-refractivity contribution in [2.24, 2.45) is 0 Å². The lowest BCUT2D eigenvalue weighted by molar-refractivity contribution is 0.415. The van der Waals surface area contributed by atoms with E-state index in [4.69, 9.17) is 4.74 Å². The number of hydrogen-bond donors (Lipinski definition) is 0. The molecule has 5 heteroatoms. The molecule has 0 saturated heterocycles. The van der Waals surface area contributed by atoms with Gasteiger partial charge in [-0.15, -0.1) is 0 Å². The third kappa shape index (κ3) is 2.84. The number of methoxy groups -OCH3 is 1. The van der Waals surface area contributed by atoms with E-state index in [1.165, 1.54) is 18.4 Å². The number of hydrogen-bond acceptors (Lipinski definition) is 3. The van der Waals surface area contributed by atoms with Crippen molar-refractivity contribution in [1.82, 2.24) is 4.31 Å². The molecule has 106 valence electrons. The minimum atomic E-state index is -3.37. The average Bonchev–Trinajstić information content (AvgIpc) is 2.47. The predicted molar refractivity (Wildman–Crippen MR) is 79.3 cm³/mol. The molecule has 0 unspecified atom stereocenters. The molecule has 0 aliphatic rings. The number of benzene rings is 2. The molecule has 0 radical (unpaired) electrons. The maximum absolute atomic E-state index is 12.0. The summed E-state index contributed by atoms with van der Waals surface area (Å²) in [5.74, 6) is 0.792. The minimum Gasteiger partial charge on any atom is -0.497 e. The zero-order chi connectivity index (χ0) is 14.8. The van der Waals surface area contributed by atoms with E-state index in [0.29, 0.717) is 4.90 Å². The minimum absolute atomic E-state index is 0.291. The second-order valence-corrected chi connectivity index (χ2v) is 6.69. The highest BCUT2D eigenvalue weighted by molar-refractivity contribution is 7.89. The lowest BCUT2D eigenvalue weighted by atomic mass is 10.1. The van der Waals surface area contributed by atoms with Crippen LogP contribution < -0.4 is 4.74 Å². The topological polar surface area (TPSA) is 46.6 Å². The van der Waals surface area contributed by atoms with Crippen molar-refractivity contribution in [3.63, 3.8) is 0 Å². The van der Waals surface area contributed by atoms with E-state index in [-0.39, 0.29) is 0 Å². The van der Waals surface area contributed by atoms with Gasteiger partial charge < -0.3 is 4.74 Å². The van der Waals surface area contributed by atoms with E-state index < -0.39 is 10.0 Å². The van der Waals surface area contributed by atoms with Crippen LogP contribution in [0.1, 0.15) is 0 Å². The van der Waals surface area contributed by atoms with Gasteiger partial charge in [-0.05, 0) is 35.4 Å². The summed E-state index contributed by atoms with van der Waals surface area (Å²) >= 11 is 0. The Kier molecular flexibility index (Phi) is 4.11. The molecule has 20 heavy (non-hydrogen) atoms. The summed E-state index contributed by atoms with van der Waals surface area (Å²) in [6.07, 6.45) is 0. The summed E-state index contributed by atoms with van der Waals surface area (Å²) in [5.41, 5.74) is 1.98. The second-order valence-electron chi connectivity index (χ2n) is 4.54. The smallest absolute Gasteiger partial charge is 0.242 e. The van der Waals surface area contributed by atoms with Crippen LogP contribution in [0.4, 0.5) is 0 Å². The lowest BCUT2D eigenvalue weighted by Gasteiger charge is -2.11. The van der Waals surface area contributed by atoms with Crippen molar-refractivity contribution in [2.75, 3.05) is 21.2 Å². The standard InChI is InChI=1S/C15H17NO3S/c1-16(2)20(17,18)15-10-6-13(7-11-15)12-4-8-14(19-3)9-5-12/h4-11H,1-3H3. The van der Waals surface area contributed by atoms with Crippen molar-refractivity contribution >= 4 is 10.0 Å². The van der Waals surface area contributed by atoms with Gasteiger partial charge in [0.2, 0.25) is 10.0 Å². The summed E-state index contributed by atoms with van der Waals surface area (Å²) < 4.78 is 30.3. The first kappa shape index (κ1) is 14.6. The normalized spacial score (nSPS) is 11.6. The van der Waals surface area contributed by atoms with Crippen LogP contribution in [0.3, 0.4) is 0 Å². The molecule has 0 N–H and O–H groups in total. The molecule has 0 aromatic heterocycles. The van der Waals surface area contributed by atoms with E-state index in [2.05, 4.69) is 0 Å². The Hall–Kier alpha value is -1.85.